The van der Waals surface area contributed by atoms with Crippen LogP contribution in [0.1, 0.15) is 44.5 Å². The topological polar surface area (TPSA) is 0 Å². The highest BCUT2D eigenvalue weighted by Crippen LogP contribution is 2.63. The molecular weight excluding hydrogens is 865 g/mol. The van der Waals surface area contributed by atoms with E-state index < -0.39 is 0 Å². The molecule has 72 heavy (non-hydrogen) atoms. The van der Waals surface area contributed by atoms with E-state index in [1.54, 1.807) is 0 Å². The molecule has 0 heteroatoms. The number of aryl methyl sites for hydroxylation is 8. The van der Waals surface area contributed by atoms with Gasteiger partial charge in [0.1, 0.15) is 0 Å². The van der Waals surface area contributed by atoms with Crippen molar-refractivity contribution in [1.29, 1.82) is 0 Å². The van der Waals surface area contributed by atoms with Gasteiger partial charge in [0.2, 0.25) is 0 Å². The first kappa shape index (κ1) is 41.5. The fourth-order valence-electron chi connectivity index (χ4n) is 13.5. The zero-order valence-electron chi connectivity index (χ0n) is 42.2. The minimum absolute atomic E-state index is 1.27. The number of fused-ring (bicyclic) bond motifs is 10. The van der Waals surface area contributed by atoms with Gasteiger partial charge in [0.05, 0.1) is 0 Å². The maximum absolute atomic E-state index is 2.48. The smallest absolute Gasteiger partial charge is 0.000740 e. The molecule has 0 amide bonds. The van der Waals surface area contributed by atoms with Crippen LogP contribution in [0.25, 0.3) is 154 Å². The molecule has 0 N–H and O–H groups in total. The second kappa shape index (κ2) is 14.6. The van der Waals surface area contributed by atoms with Crippen LogP contribution in [-0.4, -0.2) is 0 Å². The van der Waals surface area contributed by atoms with Gasteiger partial charge in [0.25, 0.3) is 0 Å². The van der Waals surface area contributed by atoms with E-state index >= 15 is 0 Å². The van der Waals surface area contributed by atoms with Gasteiger partial charge in [0.15, 0.2) is 0 Å². The molecule has 13 aromatic carbocycles. The summed E-state index contributed by atoms with van der Waals surface area (Å²) in [6.45, 7) is 17.9. The number of hydrogen-bond donors (Lipinski definition) is 0. The van der Waals surface area contributed by atoms with Crippen molar-refractivity contribution in [3.8, 4) is 89.0 Å². The average molecular weight is 917 g/mol. The minimum Gasteiger partial charge on any atom is -0.0616 e. The largest absolute Gasteiger partial charge is 0.0616 e. The van der Waals surface area contributed by atoms with E-state index in [1.165, 1.54) is 198 Å². The molecule has 13 aromatic rings. The van der Waals surface area contributed by atoms with E-state index in [2.05, 4.69) is 225 Å². The van der Waals surface area contributed by atoms with Crippen LogP contribution in [-0.2, 0) is 0 Å². The molecule has 0 aliphatic heterocycles. The van der Waals surface area contributed by atoms with E-state index in [-0.39, 0.29) is 0 Å². The minimum atomic E-state index is 1.27. The Balaban J connectivity index is 1.07. The zero-order valence-corrected chi connectivity index (χ0v) is 42.2. The van der Waals surface area contributed by atoms with Crippen LogP contribution >= 0.6 is 0 Å². The quantitative estimate of drug-likeness (QED) is 0.122. The van der Waals surface area contributed by atoms with E-state index in [0.29, 0.717) is 0 Å². The third kappa shape index (κ3) is 5.37. The lowest BCUT2D eigenvalue weighted by Crippen LogP contribution is -1.95. The van der Waals surface area contributed by atoms with Gasteiger partial charge >= 0.3 is 0 Å². The summed E-state index contributed by atoms with van der Waals surface area (Å²) >= 11 is 0. The molecule has 0 unspecified atom stereocenters. The van der Waals surface area contributed by atoms with Crippen LogP contribution < -0.4 is 0 Å². The summed E-state index contributed by atoms with van der Waals surface area (Å²) in [5, 5.41) is 16.0. The SMILES string of the molecule is Cc1ccc(-c2c3c(c(-c4ccc(C)c(C)c4)c4ccccc24)-c2ccc4c5ccc6c7c(ccc(c8ccc-3c2c84)c75)-c2c-6c(-c3ccc(C)c(C)c3)c3ccccc3c2-c2ccc(C)c(C)c2)cc1C. The average Bonchev–Trinajstić information content (AvgIpc) is 3.91. The molecule has 0 bridgehead atoms. The van der Waals surface area contributed by atoms with Crippen LogP contribution in [0.4, 0.5) is 0 Å². The predicted octanol–water partition coefficient (Wildman–Crippen LogP) is 20.5. The Morgan fingerprint density at radius 3 is 0.639 bits per heavy atom. The molecule has 0 saturated carbocycles. The number of hydrogen-bond acceptors (Lipinski definition) is 0. The highest BCUT2D eigenvalue weighted by molar-refractivity contribution is 6.42. The monoisotopic (exact) mass is 916 g/mol. The van der Waals surface area contributed by atoms with Gasteiger partial charge in [-0.1, -0.05) is 170 Å². The van der Waals surface area contributed by atoms with Crippen molar-refractivity contribution < 1.29 is 0 Å². The number of benzene rings is 13. The van der Waals surface area contributed by atoms with E-state index in [1.807, 2.05) is 0 Å². The van der Waals surface area contributed by atoms with Gasteiger partial charge in [0, 0.05) is 0 Å². The molecule has 0 radical (unpaired) electrons. The maximum Gasteiger partial charge on any atom is -0.000740 e. The van der Waals surface area contributed by atoms with Crippen molar-refractivity contribution >= 4 is 64.6 Å². The lowest BCUT2D eigenvalue weighted by Gasteiger charge is -2.21. The first-order valence-corrected chi connectivity index (χ1v) is 25.7. The Bertz CT molecular complexity index is 4050. The standard InChI is InChI=1S/C72H52/c1-37-17-21-45(33-41(37)5)61-49-13-9-10-14-50(49)62(46-22-18-38(2)42(6)34-46)70-58-30-26-54-56-28-32-60-68-59(31-27-55(66(56)68)53-25-29-57(69(61)70)67(58)65(53)54)71-63(47-23-19-39(3)43(7)35-47)51-15-11-12-16-52(51)64(72(60)71)48-24-20-40(4)44(8)36-48/h9-36H,1-8H3. The summed E-state index contributed by atoms with van der Waals surface area (Å²) < 4.78 is 0. The molecule has 15 rings (SSSR count). The molecule has 2 aliphatic rings. The Kier molecular flexibility index (Phi) is 8.42. The van der Waals surface area contributed by atoms with Crippen LogP contribution in [0.2, 0.25) is 0 Å². The molecule has 0 aromatic heterocycles. The van der Waals surface area contributed by atoms with E-state index in [0.717, 1.165) is 0 Å². The first-order valence-electron chi connectivity index (χ1n) is 25.7. The van der Waals surface area contributed by atoms with Gasteiger partial charge in [-0.15, -0.1) is 0 Å². The molecule has 340 valence electrons. The molecule has 2 aliphatic carbocycles. The van der Waals surface area contributed by atoms with Crippen LogP contribution in [0.5, 0.6) is 0 Å². The molecule has 0 spiro atoms. The molecule has 0 nitrogen and oxygen atoms in total. The summed E-state index contributed by atoms with van der Waals surface area (Å²) in [5.41, 5.74) is 31.6. The van der Waals surface area contributed by atoms with Gasteiger partial charge in [-0.3, -0.25) is 0 Å². The van der Waals surface area contributed by atoms with Crippen LogP contribution in [0, 0.1) is 55.4 Å². The van der Waals surface area contributed by atoms with Gasteiger partial charge in [-0.2, -0.15) is 0 Å². The highest BCUT2D eigenvalue weighted by Gasteiger charge is 2.35. The summed E-state index contributed by atoms with van der Waals surface area (Å²) in [6, 6.07) is 66.5. The lowest BCUT2D eigenvalue weighted by atomic mass is 9.82. The number of rotatable bonds is 4. The zero-order chi connectivity index (χ0) is 48.6. The Morgan fingerprint density at radius 2 is 0.417 bits per heavy atom. The van der Waals surface area contributed by atoms with Gasteiger partial charge in [-0.25, -0.2) is 0 Å². The van der Waals surface area contributed by atoms with Gasteiger partial charge < -0.3 is 0 Å². The normalized spacial score (nSPS) is 12.4. The summed E-state index contributed by atoms with van der Waals surface area (Å²) in [7, 11) is 0. The Labute approximate surface area is 421 Å². The predicted molar refractivity (Wildman–Crippen MR) is 311 cm³/mol. The third-order valence-corrected chi connectivity index (χ3v) is 17.6. The fourth-order valence-corrected chi connectivity index (χ4v) is 13.5. The summed E-state index contributed by atoms with van der Waals surface area (Å²) in [5.74, 6) is 0. The molecule has 0 atom stereocenters. The molecular formula is C72H52. The fraction of sp³-hybridized carbons (Fsp3) is 0.111. The van der Waals surface area contributed by atoms with Crippen molar-refractivity contribution in [3.05, 3.63) is 214 Å². The lowest BCUT2D eigenvalue weighted by molar-refractivity contribution is 1.34. The van der Waals surface area contributed by atoms with Crippen molar-refractivity contribution in [2.75, 3.05) is 0 Å². The maximum atomic E-state index is 2.48. The Hall–Kier alpha value is -8.32. The summed E-state index contributed by atoms with van der Waals surface area (Å²) in [6.07, 6.45) is 0. The molecule has 0 heterocycles. The second-order valence-corrected chi connectivity index (χ2v) is 21.4. The third-order valence-electron chi connectivity index (χ3n) is 17.6. The molecule has 0 fully saturated rings. The Morgan fingerprint density at radius 1 is 0.181 bits per heavy atom. The van der Waals surface area contributed by atoms with Crippen molar-refractivity contribution in [2.24, 2.45) is 0 Å². The second-order valence-electron chi connectivity index (χ2n) is 21.4. The van der Waals surface area contributed by atoms with Crippen molar-refractivity contribution in [3.63, 3.8) is 0 Å². The molecule has 0 saturated heterocycles. The van der Waals surface area contributed by atoms with Crippen molar-refractivity contribution in [1.82, 2.24) is 0 Å². The first-order chi connectivity index (χ1) is 35.0. The van der Waals surface area contributed by atoms with Gasteiger partial charge in [-0.05, 0) is 254 Å². The van der Waals surface area contributed by atoms with Crippen LogP contribution in [0.15, 0.2) is 170 Å². The van der Waals surface area contributed by atoms with Crippen LogP contribution in [0.3, 0.4) is 0 Å². The summed E-state index contributed by atoms with van der Waals surface area (Å²) in [4.78, 5) is 0. The highest BCUT2D eigenvalue weighted by atomic mass is 14.4. The van der Waals surface area contributed by atoms with E-state index in [9.17, 15) is 0 Å². The van der Waals surface area contributed by atoms with Crippen molar-refractivity contribution in [2.45, 2.75) is 55.4 Å². The van der Waals surface area contributed by atoms with E-state index in [4.69, 9.17) is 0 Å².